The van der Waals surface area contributed by atoms with Crippen LogP contribution in [0.4, 0.5) is 5.69 Å². The van der Waals surface area contributed by atoms with Crippen LogP contribution in [0.1, 0.15) is 6.42 Å². The molecular formula is C13H14ClN3. The van der Waals surface area contributed by atoms with Crippen molar-refractivity contribution >= 4 is 28.2 Å². The first-order valence-electron chi connectivity index (χ1n) is 5.84. The fraction of sp³-hybridized carbons (Fsp3) is 0.308. The van der Waals surface area contributed by atoms with Crippen LogP contribution in [0.3, 0.4) is 0 Å². The lowest BCUT2D eigenvalue weighted by molar-refractivity contribution is 0.794. The lowest BCUT2D eigenvalue weighted by Gasteiger charge is -2.14. The van der Waals surface area contributed by atoms with Gasteiger partial charge in [0.15, 0.2) is 0 Å². The molecule has 0 amide bonds. The Balaban J connectivity index is 2.01. The van der Waals surface area contributed by atoms with Gasteiger partial charge in [-0.05, 0) is 31.2 Å². The lowest BCUT2D eigenvalue weighted by atomic mass is 10.1. The molecule has 1 saturated heterocycles. The molecule has 1 unspecified atom stereocenters. The van der Waals surface area contributed by atoms with Crippen molar-refractivity contribution in [2.45, 2.75) is 12.5 Å². The minimum atomic E-state index is 0.471. The lowest BCUT2D eigenvalue weighted by Crippen LogP contribution is -2.22. The zero-order valence-electron chi connectivity index (χ0n) is 9.41. The summed E-state index contributed by atoms with van der Waals surface area (Å²) in [5.41, 5.74) is 2.02. The quantitative estimate of drug-likeness (QED) is 0.857. The highest BCUT2D eigenvalue weighted by Crippen LogP contribution is 2.27. The number of rotatable bonds is 2. The van der Waals surface area contributed by atoms with Crippen LogP contribution in [0.25, 0.3) is 10.9 Å². The number of halogens is 1. The fourth-order valence-electron chi connectivity index (χ4n) is 2.26. The number of hydrogen-bond donors (Lipinski definition) is 2. The van der Waals surface area contributed by atoms with E-state index < -0.39 is 0 Å². The van der Waals surface area contributed by atoms with E-state index in [0.717, 1.165) is 41.1 Å². The van der Waals surface area contributed by atoms with Crippen molar-refractivity contribution in [1.29, 1.82) is 0 Å². The predicted molar refractivity (Wildman–Crippen MR) is 71.7 cm³/mol. The van der Waals surface area contributed by atoms with Gasteiger partial charge in [-0.25, -0.2) is 0 Å². The zero-order valence-corrected chi connectivity index (χ0v) is 10.2. The summed E-state index contributed by atoms with van der Waals surface area (Å²) in [6, 6.07) is 8.34. The van der Waals surface area contributed by atoms with Gasteiger partial charge in [-0.2, -0.15) is 0 Å². The number of nitrogens with one attached hydrogen (secondary N) is 2. The van der Waals surface area contributed by atoms with Gasteiger partial charge in [0.05, 0.1) is 11.2 Å². The van der Waals surface area contributed by atoms with E-state index in [1.165, 1.54) is 0 Å². The summed E-state index contributed by atoms with van der Waals surface area (Å²) in [6.45, 7) is 2.07. The third-order valence-electron chi connectivity index (χ3n) is 3.09. The molecule has 2 heterocycles. The van der Waals surface area contributed by atoms with E-state index in [2.05, 4.69) is 15.6 Å². The van der Waals surface area contributed by atoms with Crippen LogP contribution in [-0.2, 0) is 0 Å². The fourth-order valence-corrected chi connectivity index (χ4v) is 2.49. The summed E-state index contributed by atoms with van der Waals surface area (Å²) in [5, 5.41) is 8.68. The first kappa shape index (κ1) is 10.8. The van der Waals surface area contributed by atoms with Crippen LogP contribution in [-0.4, -0.2) is 24.1 Å². The number of benzene rings is 1. The van der Waals surface area contributed by atoms with Crippen LogP contribution in [0, 0.1) is 0 Å². The van der Waals surface area contributed by atoms with Crippen molar-refractivity contribution < 1.29 is 0 Å². The maximum atomic E-state index is 6.13. The monoisotopic (exact) mass is 247 g/mol. The Bertz CT molecular complexity index is 535. The summed E-state index contributed by atoms with van der Waals surface area (Å²) in [7, 11) is 0. The third kappa shape index (κ3) is 2.21. The number of aromatic nitrogens is 1. The van der Waals surface area contributed by atoms with Crippen LogP contribution in [0.5, 0.6) is 0 Å². The molecule has 2 N–H and O–H groups in total. The first-order chi connectivity index (χ1) is 8.33. The van der Waals surface area contributed by atoms with Gasteiger partial charge in [-0.15, -0.1) is 0 Å². The largest absolute Gasteiger partial charge is 0.379 e. The topological polar surface area (TPSA) is 37.0 Å². The van der Waals surface area contributed by atoms with Crippen molar-refractivity contribution in [3.05, 3.63) is 35.5 Å². The Kier molecular flexibility index (Phi) is 2.87. The minimum Gasteiger partial charge on any atom is -0.379 e. The normalized spacial score (nSPS) is 19.7. The Morgan fingerprint density at radius 3 is 3.18 bits per heavy atom. The highest BCUT2D eigenvalue weighted by Gasteiger charge is 2.15. The Morgan fingerprint density at radius 1 is 1.41 bits per heavy atom. The third-order valence-corrected chi connectivity index (χ3v) is 3.31. The summed E-state index contributed by atoms with van der Waals surface area (Å²) in [4.78, 5) is 4.42. The van der Waals surface area contributed by atoms with E-state index in [4.69, 9.17) is 11.6 Å². The maximum Gasteiger partial charge on any atom is 0.0934 e. The number of pyridine rings is 1. The first-order valence-corrected chi connectivity index (χ1v) is 6.22. The Hall–Kier alpha value is -1.32. The van der Waals surface area contributed by atoms with E-state index >= 15 is 0 Å². The molecular weight excluding hydrogens is 234 g/mol. The molecule has 0 bridgehead atoms. The maximum absolute atomic E-state index is 6.13. The average Bonchev–Trinajstić information content (AvgIpc) is 2.81. The molecule has 1 aromatic carbocycles. The van der Waals surface area contributed by atoms with Crippen molar-refractivity contribution in [2.75, 3.05) is 18.4 Å². The Morgan fingerprint density at radius 2 is 2.35 bits per heavy atom. The van der Waals surface area contributed by atoms with E-state index in [-0.39, 0.29) is 0 Å². The molecule has 88 valence electrons. The van der Waals surface area contributed by atoms with Crippen molar-refractivity contribution in [3.8, 4) is 0 Å². The van der Waals surface area contributed by atoms with Gasteiger partial charge in [0.2, 0.25) is 0 Å². The zero-order chi connectivity index (χ0) is 11.7. The summed E-state index contributed by atoms with van der Waals surface area (Å²) >= 11 is 6.13. The molecule has 3 rings (SSSR count). The van der Waals surface area contributed by atoms with Gasteiger partial charge < -0.3 is 10.6 Å². The van der Waals surface area contributed by atoms with Crippen LogP contribution in [0.15, 0.2) is 30.5 Å². The summed E-state index contributed by atoms with van der Waals surface area (Å²) < 4.78 is 0. The van der Waals surface area contributed by atoms with Gasteiger partial charge in [0, 0.05) is 29.2 Å². The van der Waals surface area contributed by atoms with Crippen LogP contribution < -0.4 is 10.6 Å². The molecule has 0 aliphatic carbocycles. The second kappa shape index (κ2) is 4.51. The molecule has 4 heteroatoms. The molecule has 0 radical (unpaired) electrons. The smallest absolute Gasteiger partial charge is 0.0934 e. The minimum absolute atomic E-state index is 0.471. The van der Waals surface area contributed by atoms with E-state index in [0.29, 0.717) is 6.04 Å². The molecule has 3 nitrogen and oxygen atoms in total. The van der Waals surface area contributed by atoms with Crippen LogP contribution >= 0.6 is 11.6 Å². The number of fused-ring (bicyclic) bond motifs is 1. The van der Waals surface area contributed by atoms with Crippen molar-refractivity contribution in [2.24, 2.45) is 0 Å². The molecule has 1 aliphatic heterocycles. The van der Waals surface area contributed by atoms with E-state index in [9.17, 15) is 0 Å². The van der Waals surface area contributed by atoms with E-state index in [1.807, 2.05) is 30.5 Å². The molecule has 2 aromatic rings. The molecule has 1 fully saturated rings. The summed E-state index contributed by atoms with van der Waals surface area (Å²) in [5.74, 6) is 0. The van der Waals surface area contributed by atoms with Gasteiger partial charge in [0.1, 0.15) is 0 Å². The molecule has 0 spiro atoms. The van der Waals surface area contributed by atoms with Gasteiger partial charge in [-0.3, -0.25) is 4.98 Å². The molecule has 17 heavy (non-hydrogen) atoms. The van der Waals surface area contributed by atoms with Gasteiger partial charge >= 0.3 is 0 Å². The van der Waals surface area contributed by atoms with Gasteiger partial charge in [-0.1, -0.05) is 17.7 Å². The second-order valence-corrected chi connectivity index (χ2v) is 4.80. The number of nitrogens with zero attached hydrogens (tertiary/aromatic N) is 1. The van der Waals surface area contributed by atoms with Crippen molar-refractivity contribution in [3.63, 3.8) is 0 Å². The SMILES string of the molecule is Clc1cc(NC2CCNC2)c2ncccc2c1. The highest BCUT2D eigenvalue weighted by atomic mass is 35.5. The van der Waals surface area contributed by atoms with Crippen LogP contribution in [0.2, 0.25) is 5.02 Å². The second-order valence-electron chi connectivity index (χ2n) is 4.36. The molecule has 0 saturated carbocycles. The standard InChI is InChI=1S/C13H14ClN3/c14-10-6-9-2-1-4-16-13(9)12(7-10)17-11-3-5-15-8-11/h1-2,4,6-7,11,15,17H,3,5,8H2. The van der Waals surface area contributed by atoms with E-state index in [1.54, 1.807) is 0 Å². The van der Waals surface area contributed by atoms with Crippen molar-refractivity contribution in [1.82, 2.24) is 10.3 Å². The predicted octanol–water partition coefficient (Wildman–Crippen LogP) is 2.66. The number of hydrogen-bond acceptors (Lipinski definition) is 3. The Labute approximate surface area is 105 Å². The molecule has 1 aromatic heterocycles. The summed E-state index contributed by atoms with van der Waals surface area (Å²) in [6.07, 6.45) is 2.95. The highest BCUT2D eigenvalue weighted by molar-refractivity contribution is 6.31. The van der Waals surface area contributed by atoms with Gasteiger partial charge in [0.25, 0.3) is 0 Å². The average molecular weight is 248 g/mol. The number of anilines is 1. The molecule has 1 atom stereocenters. The molecule has 1 aliphatic rings.